The van der Waals surface area contributed by atoms with Gasteiger partial charge in [0.2, 0.25) is 0 Å². The highest BCUT2D eigenvalue weighted by atomic mass is 32.1. The lowest BCUT2D eigenvalue weighted by molar-refractivity contribution is 0.0600. The molecule has 0 unspecified atom stereocenters. The molecular weight excluding hydrogens is 426 g/mol. The molecule has 0 aliphatic rings. The third kappa shape index (κ3) is 5.77. The molecule has 0 heterocycles. The third-order valence-corrected chi connectivity index (χ3v) is 4.77. The molecule has 0 saturated carbocycles. The number of esters is 1. The predicted molar refractivity (Wildman–Crippen MR) is 127 cm³/mol. The van der Waals surface area contributed by atoms with Crippen LogP contribution in [0, 0.1) is 6.92 Å². The van der Waals surface area contributed by atoms with Crippen molar-refractivity contribution in [3.05, 3.63) is 95.1 Å². The van der Waals surface area contributed by atoms with Crippen molar-refractivity contribution in [3.63, 3.8) is 0 Å². The third-order valence-electron chi connectivity index (χ3n) is 4.56. The lowest BCUT2D eigenvalue weighted by Gasteiger charge is -2.13. The summed E-state index contributed by atoms with van der Waals surface area (Å²) < 4.78 is 4.64. The molecule has 3 rings (SSSR count). The maximum atomic E-state index is 12.4. The van der Waals surface area contributed by atoms with Gasteiger partial charge in [0.05, 0.1) is 12.7 Å². The molecule has 0 fully saturated rings. The van der Waals surface area contributed by atoms with Gasteiger partial charge in [-0.1, -0.05) is 18.2 Å². The largest absolute Gasteiger partial charge is 0.465 e. The molecule has 0 aliphatic carbocycles. The summed E-state index contributed by atoms with van der Waals surface area (Å²) in [6, 6.07) is 20.3. The summed E-state index contributed by atoms with van der Waals surface area (Å²) in [5.41, 5.74) is 3.41. The van der Waals surface area contributed by atoms with E-state index in [0.717, 1.165) is 5.56 Å². The predicted octanol–water partition coefficient (Wildman–Crippen LogP) is 4.16. The summed E-state index contributed by atoms with van der Waals surface area (Å²) in [4.78, 5) is 36.2. The van der Waals surface area contributed by atoms with E-state index in [2.05, 4.69) is 20.7 Å². The minimum atomic E-state index is -0.479. The highest BCUT2D eigenvalue weighted by molar-refractivity contribution is 7.80. The van der Waals surface area contributed by atoms with Crippen LogP contribution >= 0.6 is 12.2 Å². The smallest absolute Gasteiger partial charge is 0.337 e. The molecule has 2 amide bonds. The number of ether oxygens (including phenoxy) is 1. The van der Waals surface area contributed by atoms with Crippen LogP contribution in [0.2, 0.25) is 0 Å². The van der Waals surface area contributed by atoms with E-state index in [1.807, 2.05) is 19.1 Å². The van der Waals surface area contributed by atoms with Crippen LogP contribution in [-0.2, 0) is 4.74 Å². The Morgan fingerprint density at radius 2 is 1.41 bits per heavy atom. The molecule has 3 N–H and O–H groups in total. The molecule has 0 aliphatic heterocycles. The van der Waals surface area contributed by atoms with Crippen molar-refractivity contribution in [1.82, 2.24) is 5.32 Å². The lowest BCUT2D eigenvalue weighted by atomic mass is 10.1. The number of anilines is 2. The van der Waals surface area contributed by atoms with E-state index in [1.54, 1.807) is 36.4 Å². The van der Waals surface area contributed by atoms with Crippen molar-refractivity contribution < 1.29 is 19.1 Å². The van der Waals surface area contributed by atoms with Crippen LogP contribution in [-0.4, -0.2) is 30.0 Å². The van der Waals surface area contributed by atoms with Gasteiger partial charge in [0, 0.05) is 22.5 Å². The topological polar surface area (TPSA) is 96.5 Å². The van der Waals surface area contributed by atoms with E-state index in [1.165, 1.54) is 31.4 Å². The molecule has 3 aromatic rings. The number of hydrogen-bond donors (Lipinski definition) is 3. The Labute approximate surface area is 190 Å². The summed E-state index contributed by atoms with van der Waals surface area (Å²) in [6.07, 6.45) is 0. The average molecular weight is 448 g/mol. The second-order valence-corrected chi connectivity index (χ2v) is 7.24. The van der Waals surface area contributed by atoms with E-state index in [4.69, 9.17) is 12.2 Å². The van der Waals surface area contributed by atoms with Crippen LogP contribution in [0.25, 0.3) is 0 Å². The number of carbonyl (C=O) groups is 3. The van der Waals surface area contributed by atoms with Crippen LogP contribution in [0.3, 0.4) is 0 Å². The molecule has 0 aromatic heterocycles. The summed E-state index contributed by atoms with van der Waals surface area (Å²) in [6.45, 7) is 1.86. The first kappa shape index (κ1) is 22.6. The van der Waals surface area contributed by atoms with E-state index in [9.17, 15) is 14.4 Å². The number of hydrogen-bond acceptors (Lipinski definition) is 5. The number of thiocarbonyl (C=S) groups is 1. The Morgan fingerprint density at radius 1 is 0.781 bits per heavy atom. The maximum absolute atomic E-state index is 12.4. The summed E-state index contributed by atoms with van der Waals surface area (Å²) in [5.74, 6) is -1.09. The summed E-state index contributed by atoms with van der Waals surface area (Å²) in [5, 5.41) is 8.53. The SMILES string of the molecule is COC(=O)c1ccc(C(=O)NC(=S)Nc2ccc(NC(=O)c3ccccc3)c(C)c2)cc1. The Hall–Kier alpha value is -4.04. The Bertz CT molecular complexity index is 1160. The fourth-order valence-corrected chi connectivity index (χ4v) is 3.09. The summed E-state index contributed by atoms with van der Waals surface area (Å²) >= 11 is 5.22. The number of carbonyl (C=O) groups excluding carboxylic acids is 3. The van der Waals surface area contributed by atoms with Crippen molar-refractivity contribution in [2.75, 3.05) is 17.7 Å². The molecule has 8 heteroatoms. The van der Waals surface area contributed by atoms with E-state index in [0.29, 0.717) is 28.1 Å². The first-order valence-electron chi connectivity index (χ1n) is 9.65. The summed E-state index contributed by atoms with van der Waals surface area (Å²) in [7, 11) is 1.29. The van der Waals surface area contributed by atoms with Gasteiger partial charge < -0.3 is 15.4 Å². The van der Waals surface area contributed by atoms with Crippen LogP contribution in [0.5, 0.6) is 0 Å². The van der Waals surface area contributed by atoms with Crippen molar-refractivity contribution in [2.45, 2.75) is 6.92 Å². The minimum absolute atomic E-state index is 0.118. The van der Waals surface area contributed by atoms with E-state index >= 15 is 0 Å². The monoisotopic (exact) mass is 447 g/mol. The van der Waals surface area contributed by atoms with Gasteiger partial charge in [-0.15, -0.1) is 0 Å². The van der Waals surface area contributed by atoms with Gasteiger partial charge >= 0.3 is 5.97 Å². The number of aryl methyl sites for hydroxylation is 1. The van der Waals surface area contributed by atoms with Gasteiger partial charge in [0.1, 0.15) is 0 Å². The number of benzene rings is 3. The zero-order valence-electron chi connectivity index (χ0n) is 17.5. The molecule has 7 nitrogen and oxygen atoms in total. The quantitative estimate of drug-likeness (QED) is 0.401. The Morgan fingerprint density at radius 3 is 2.03 bits per heavy atom. The molecule has 0 radical (unpaired) electrons. The van der Waals surface area contributed by atoms with Crippen LogP contribution < -0.4 is 16.0 Å². The average Bonchev–Trinajstić information content (AvgIpc) is 2.80. The van der Waals surface area contributed by atoms with Crippen LogP contribution in [0.15, 0.2) is 72.8 Å². The van der Waals surface area contributed by atoms with Crippen LogP contribution in [0.1, 0.15) is 36.6 Å². The zero-order valence-corrected chi connectivity index (χ0v) is 18.3. The fraction of sp³-hybridized carbons (Fsp3) is 0.0833. The maximum Gasteiger partial charge on any atom is 0.337 e. The number of methoxy groups -OCH3 is 1. The second-order valence-electron chi connectivity index (χ2n) is 6.83. The van der Waals surface area contributed by atoms with Gasteiger partial charge in [-0.2, -0.15) is 0 Å². The van der Waals surface area contributed by atoms with Gasteiger partial charge in [-0.3, -0.25) is 14.9 Å². The normalized spacial score (nSPS) is 10.1. The van der Waals surface area contributed by atoms with Crippen LogP contribution in [0.4, 0.5) is 11.4 Å². The van der Waals surface area contributed by atoms with E-state index in [-0.39, 0.29) is 11.0 Å². The second kappa shape index (κ2) is 10.3. The van der Waals surface area contributed by atoms with Gasteiger partial charge in [0.25, 0.3) is 11.8 Å². The van der Waals surface area contributed by atoms with Crippen molar-refractivity contribution in [3.8, 4) is 0 Å². The van der Waals surface area contributed by atoms with Gasteiger partial charge in [-0.05, 0) is 79.3 Å². The highest BCUT2D eigenvalue weighted by Crippen LogP contribution is 2.20. The molecule has 0 bridgehead atoms. The fourth-order valence-electron chi connectivity index (χ4n) is 2.88. The number of nitrogens with one attached hydrogen (secondary N) is 3. The number of amides is 2. The minimum Gasteiger partial charge on any atom is -0.465 e. The zero-order chi connectivity index (χ0) is 23.1. The first-order chi connectivity index (χ1) is 15.4. The molecule has 32 heavy (non-hydrogen) atoms. The molecule has 3 aromatic carbocycles. The number of rotatable bonds is 5. The van der Waals surface area contributed by atoms with Crippen molar-refractivity contribution >= 4 is 46.5 Å². The molecular formula is C24H21N3O4S. The highest BCUT2D eigenvalue weighted by Gasteiger charge is 2.12. The Balaban J connectivity index is 1.59. The van der Waals surface area contributed by atoms with Gasteiger partial charge in [0.15, 0.2) is 5.11 Å². The standard InChI is InChI=1S/C24H21N3O4S/c1-15-14-19(12-13-20(15)26-21(28)16-6-4-3-5-7-16)25-24(32)27-22(29)17-8-10-18(11-9-17)23(30)31-2/h3-14H,1-2H3,(H,26,28)(H2,25,27,29,32). The Kier molecular flexibility index (Phi) is 7.30. The molecule has 0 atom stereocenters. The van der Waals surface area contributed by atoms with Gasteiger partial charge in [-0.25, -0.2) is 4.79 Å². The van der Waals surface area contributed by atoms with Crippen molar-refractivity contribution in [2.24, 2.45) is 0 Å². The molecule has 0 spiro atoms. The van der Waals surface area contributed by atoms with Crippen molar-refractivity contribution in [1.29, 1.82) is 0 Å². The first-order valence-corrected chi connectivity index (χ1v) is 10.1. The lowest BCUT2D eigenvalue weighted by Crippen LogP contribution is -2.34. The molecule has 0 saturated heterocycles. The molecule has 162 valence electrons. The van der Waals surface area contributed by atoms with E-state index < -0.39 is 11.9 Å².